The van der Waals surface area contributed by atoms with Gasteiger partial charge < -0.3 is 10.0 Å². The summed E-state index contributed by atoms with van der Waals surface area (Å²) in [5.74, 6) is -1.000. The van der Waals surface area contributed by atoms with Crippen LogP contribution in [0.1, 0.15) is 10.4 Å². The maximum absolute atomic E-state index is 11.5. The van der Waals surface area contributed by atoms with E-state index in [4.69, 9.17) is 10.2 Å². The molecule has 0 atom stereocenters. The van der Waals surface area contributed by atoms with Crippen molar-refractivity contribution in [1.29, 1.82) is 0 Å². The van der Waals surface area contributed by atoms with E-state index in [-0.39, 0.29) is 10.5 Å². The fourth-order valence-electron chi connectivity index (χ4n) is 2.56. The van der Waals surface area contributed by atoms with E-state index >= 15 is 0 Å². The second-order valence-corrected chi connectivity index (χ2v) is 7.12. The molecule has 0 amide bonds. The van der Waals surface area contributed by atoms with Gasteiger partial charge in [-0.25, -0.2) is 18.4 Å². The maximum Gasteiger partial charge on any atom is 0.335 e. The molecule has 0 aromatic heterocycles. The first kappa shape index (κ1) is 17.7. The lowest BCUT2D eigenvalue weighted by Crippen LogP contribution is -2.13. The van der Waals surface area contributed by atoms with Crippen molar-refractivity contribution in [3.63, 3.8) is 0 Å². The van der Waals surface area contributed by atoms with E-state index in [1.165, 1.54) is 24.3 Å². The first-order valence-electron chi connectivity index (χ1n) is 7.68. The Balaban J connectivity index is 2.08. The Morgan fingerprint density at radius 2 is 1.23 bits per heavy atom. The number of para-hydroxylation sites is 1. The minimum absolute atomic E-state index is 0.0236. The fraction of sp³-hybridized carbons (Fsp3) is 0. The van der Waals surface area contributed by atoms with Crippen LogP contribution >= 0.6 is 0 Å². The standard InChI is InChI=1S/C19H16N2O4S/c20-26(24,25)18-12-10-17(11-13-18)21(15-4-2-1-3-5-15)16-8-6-14(7-9-16)19(22)23/h1-13H,(H,22,23)(H2,20,24,25). The average molecular weight is 368 g/mol. The van der Waals surface area contributed by atoms with Crippen molar-refractivity contribution in [2.24, 2.45) is 5.14 Å². The predicted molar refractivity (Wildman–Crippen MR) is 99.5 cm³/mol. The number of benzene rings is 3. The molecule has 3 rings (SSSR count). The van der Waals surface area contributed by atoms with Gasteiger partial charge in [-0.3, -0.25) is 0 Å². The molecule has 6 nitrogen and oxygen atoms in total. The molecule has 3 N–H and O–H groups in total. The van der Waals surface area contributed by atoms with Crippen molar-refractivity contribution in [2.45, 2.75) is 4.90 Å². The van der Waals surface area contributed by atoms with E-state index in [9.17, 15) is 13.2 Å². The average Bonchev–Trinajstić information content (AvgIpc) is 2.63. The quantitative estimate of drug-likeness (QED) is 0.718. The molecule has 7 heteroatoms. The van der Waals surface area contributed by atoms with Crippen molar-refractivity contribution in [2.75, 3.05) is 4.90 Å². The SMILES string of the molecule is NS(=O)(=O)c1ccc(N(c2ccccc2)c2ccc(C(=O)O)cc2)cc1. The summed E-state index contributed by atoms with van der Waals surface area (Å²) in [6.07, 6.45) is 0. The van der Waals surface area contributed by atoms with Crippen molar-refractivity contribution in [1.82, 2.24) is 0 Å². The third-order valence-electron chi connectivity index (χ3n) is 3.81. The zero-order valence-electron chi connectivity index (χ0n) is 13.6. The van der Waals surface area contributed by atoms with Crippen molar-refractivity contribution >= 4 is 33.1 Å². The number of anilines is 3. The molecule has 0 bridgehead atoms. The smallest absolute Gasteiger partial charge is 0.335 e. The van der Waals surface area contributed by atoms with Gasteiger partial charge in [0.15, 0.2) is 0 Å². The van der Waals surface area contributed by atoms with E-state index in [1.54, 1.807) is 24.3 Å². The third kappa shape index (κ3) is 3.74. The molecule has 0 fully saturated rings. The molecular weight excluding hydrogens is 352 g/mol. The summed E-state index contributed by atoms with van der Waals surface area (Å²) >= 11 is 0. The zero-order valence-corrected chi connectivity index (χ0v) is 14.4. The molecule has 0 aliphatic carbocycles. The summed E-state index contributed by atoms with van der Waals surface area (Å²) in [6.45, 7) is 0. The molecule has 0 spiro atoms. The molecule has 0 radical (unpaired) electrons. The molecular formula is C19H16N2O4S. The first-order chi connectivity index (χ1) is 12.4. The summed E-state index contributed by atoms with van der Waals surface area (Å²) in [6, 6.07) is 22.1. The van der Waals surface area contributed by atoms with Crippen molar-refractivity contribution < 1.29 is 18.3 Å². The molecule has 0 aliphatic rings. The van der Waals surface area contributed by atoms with Crippen LogP contribution in [0, 0.1) is 0 Å². The summed E-state index contributed by atoms with van der Waals surface area (Å²) in [7, 11) is -3.77. The van der Waals surface area contributed by atoms with Crippen LogP contribution in [0.15, 0.2) is 83.8 Å². The summed E-state index contributed by atoms with van der Waals surface area (Å²) in [5, 5.41) is 14.2. The lowest BCUT2D eigenvalue weighted by molar-refractivity contribution is 0.0697. The molecule has 0 heterocycles. The van der Waals surface area contributed by atoms with Crippen LogP contribution in [0.3, 0.4) is 0 Å². The third-order valence-corrected chi connectivity index (χ3v) is 4.74. The number of nitrogens with two attached hydrogens (primary N) is 1. The highest BCUT2D eigenvalue weighted by Gasteiger charge is 2.14. The van der Waals surface area contributed by atoms with E-state index in [0.717, 1.165) is 11.4 Å². The van der Waals surface area contributed by atoms with Gasteiger partial charge in [0.2, 0.25) is 10.0 Å². The van der Waals surface area contributed by atoms with Gasteiger partial charge in [0.05, 0.1) is 10.5 Å². The van der Waals surface area contributed by atoms with Crippen LogP contribution in [0.5, 0.6) is 0 Å². The Bertz CT molecular complexity index is 1020. The summed E-state index contributed by atoms with van der Waals surface area (Å²) in [4.78, 5) is 13.0. The van der Waals surface area contributed by atoms with Gasteiger partial charge >= 0.3 is 5.97 Å². The number of rotatable bonds is 5. The Morgan fingerprint density at radius 3 is 1.69 bits per heavy atom. The van der Waals surface area contributed by atoms with Gasteiger partial charge in [-0.15, -0.1) is 0 Å². The van der Waals surface area contributed by atoms with Gasteiger partial charge in [-0.2, -0.15) is 0 Å². The molecule has 3 aromatic carbocycles. The van der Waals surface area contributed by atoms with Gasteiger partial charge in [0, 0.05) is 17.1 Å². The summed E-state index contributed by atoms with van der Waals surface area (Å²) < 4.78 is 22.9. The minimum Gasteiger partial charge on any atom is -0.478 e. The number of hydrogen-bond donors (Lipinski definition) is 2. The number of sulfonamides is 1. The number of hydrogen-bond acceptors (Lipinski definition) is 4. The van der Waals surface area contributed by atoms with Crippen LogP contribution in [0.25, 0.3) is 0 Å². The molecule has 0 saturated carbocycles. The van der Waals surface area contributed by atoms with Gasteiger partial charge in [0.25, 0.3) is 0 Å². The first-order valence-corrected chi connectivity index (χ1v) is 9.22. The largest absolute Gasteiger partial charge is 0.478 e. The number of primary sulfonamides is 1. The maximum atomic E-state index is 11.5. The number of nitrogens with zero attached hydrogens (tertiary/aromatic N) is 1. The Morgan fingerprint density at radius 1 is 0.769 bits per heavy atom. The summed E-state index contributed by atoms with van der Waals surface area (Å²) in [5.41, 5.74) is 2.49. The molecule has 26 heavy (non-hydrogen) atoms. The van der Waals surface area contributed by atoms with Crippen LogP contribution in [0.2, 0.25) is 0 Å². The predicted octanol–water partition coefficient (Wildman–Crippen LogP) is 3.50. The topological polar surface area (TPSA) is 101 Å². The molecule has 0 saturated heterocycles. The van der Waals surface area contributed by atoms with Crippen LogP contribution in [-0.2, 0) is 10.0 Å². The highest BCUT2D eigenvalue weighted by Crippen LogP contribution is 2.34. The zero-order chi connectivity index (χ0) is 18.7. The number of carboxylic acids is 1. The van der Waals surface area contributed by atoms with Crippen LogP contribution in [0.4, 0.5) is 17.1 Å². The van der Waals surface area contributed by atoms with Gasteiger partial charge in [-0.05, 0) is 60.7 Å². The second kappa shape index (κ2) is 6.99. The Labute approximate surface area is 151 Å². The van der Waals surface area contributed by atoms with E-state index < -0.39 is 16.0 Å². The highest BCUT2D eigenvalue weighted by molar-refractivity contribution is 7.89. The Kier molecular flexibility index (Phi) is 4.75. The Hall–Kier alpha value is -3.16. The van der Waals surface area contributed by atoms with Gasteiger partial charge in [-0.1, -0.05) is 18.2 Å². The minimum atomic E-state index is -3.77. The van der Waals surface area contributed by atoms with Crippen LogP contribution in [-0.4, -0.2) is 19.5 Å². The molecule has 3 aromatic rings. The van der Waals surface area contributed by atoms with Crippen molar-refractivity contribution in [3.8, 4) is 0 Å². The molecule has 0 aliphatic heterocycles. The molecule has 0 unspecified atom stereocenters. The van der Waals surface area contributed by atoms with E-state index in [0.29, 0.717) is 5.69 Å². The van der Waals surface area contributed by atoms with E-state index in [1.807, 2.05) is 35.2 Å². The van der Waals surface area contributed by atoms with Gasteiger partial charge in [0.1, 0.15) is 0 Å². The number of carbonyl (C=O) groups is 1. The number of aromatic carboxylic acids is 1. The normalized spacial score (nSPS) is 11.1. The monoisotopic (exact) mass is 368 g/mol. The lowest BCUT2D eigenvalue weighted by atomic mass is 10.1. The van der Waals surface area contributed by atoms with Crippen LogP contribution < -0.4 is 10.0 Å². The lowest BCUT2D eigenvalue weighted by Gasteiger charge is -2.25. The van der Waals surface area contributed by atoms with E-state index in [2.05, 4.69) is 0 Å². The fourth-order valence-corrected chi connectivity index (χ4v) is 3.08. The molecule has 132 valence electrons. The number of carboxylic acid groups (broad SMARTS) is 1. The van der Waals surface area contributed by atoms with Crippen molar-refractivity contribution in [3.05, 3.63) is 84.4 Å². The second-order valence-electron chi connectivity index (χ2n) is 5.56. The highest BCUT2D eigenvalue weighted by atomic mass is 32.2.